The highest BCUT2D eigenvalue weighted by atomic mass is 32.3. The molecule has 28 nitrogen and oxygen atoms in total. The molecule has 0 amide bonds. The molecule has 0 spiro atoms. The quantitative estimate of drug-likeness (QED) is 0.0372. The summed E-state index contributed by atoms with van der Waals surface area (Å²) in [5.41, 5.74) is 8.61. The number of hydrogen-bond donors (Lipinski definition) is 6. The average molecular weight is 1030 g/mol. The standard InChI is InChI=1S/C31H32N8O20S6/c32-26-28(37-34-19-1-7-22(8-2-19)60(42,43)16-13-57-63(48,49)50)25(31(40)41)29(38-35-20-3-9-23(10-4-20)61(44,45)17-14-58-64(51,52)53)27(33)30(26)39-36-21-5-11-24(12-6-21)62(46,47)18-15-59-65(54,55)56/h1-12H,13-18,32-33H2,(H,40,41)(H,48,49,50)(H,51,52,53)(H,54,55,56)/b37-34+,38-35+,39-36+. The molecule has 0 aliphatic carbocycles. The summed E-state index contributed by atoms with van der Waals surface area (Å²) in [5, 5.41) is 34.0. The van der Waals surface area contributed by atoms with Gasteiger partial charge in [-0.3, -0.25) is 13.7 Å². The molecule has 0 saturated heterocycles. The summed E-state index contributed by atoms with van der Waals surface area (Å²) in [5.74, 6) is -4.32. The third-order valence-corrected chi connectivity index (χ3v) is 14.3. The Morgan fingerprint density at radius 3 is 0.908 bits per heavy atom. The average Bonchev–Trinajstić information content (AvgIpc) is 3.18. The van der Waals surface area contributed by atoms with Crippen LogP contribution in [0.5, 0.6) is 0 Å². The first-order chi connectivity index (χ1) is 30.0. The lowest BCUT2D eigenvalue weighted by Crippen LogP contribution is -2.15. The Morgan fingerprint density at radius 1 is 0.431 bits per heavy atom. The molecule has 0 aliphatic heterocycles. The van der Waals surface area contributed by atoms with Crippen LogP contribution in [0.4, 0.5) is 45.5 Å². The molecular formula is C31H32N8O20S6. The minimum absolute atomic E-state index is 0.0511. The van der Waals surface area contributed by atoms with Crippen molar-refractivity contribution < 1.29 is 86.6 Å². The van der Waals surface area contributed by atoms with Gasteiger partial charge < -0.3 is 16.6 Å². The highest BCUT2D eigenvalue weighted by Gasteiger charge is 2.27. The van der Waals surface area contributed by atoms with Crippen LogP contribution in [-0.2, 0) is 73.3 Å². The molecule has 65 heavy (non-hydrogen) atoms. The number of nitrogen functional groups attached to an aromatic ring is 2. The Balaban J connectivity index is 1.77. The number of nitrogens with two attached hydrogens (primary N) is 2. The van der Waals surface area contributed by atoms with Crippen molar-refractivity contribution in [3.63, 3.8) is 0 Å². The highest BCUT2D eigenvalue weighted by molar-refractivity contribution is 7.92. The van der Waals surface area contributed by atoms with Crippen LogP contribution in [0, 0.1) is 0 Å². The first kappa shape index (κ1) is 51.8. The van der Waals surface area contributed by atoms with Gasteiger partial charge in [0.05, 0.1) is 80.2 Å². The van der Waals surface area contributed by atoms with E-state index in [0.717, 1.165) is 72.8 Å². The maximum absolute atomic E-state index is 12.8. The highest BCUT2D eigenvalue weighted by Crippen LogP contribution is 2.49. The van der Waals surface area contributed by atoms with Crippen molar-refractivity contribution in [2.45, 2.75) is 14.7 Å². The molecule has 4 rings (SSSR count). The van der Waals surface area contributed by atoms with E-state index >= 15 is 0 Å². The maximum atomic E-state index is 12.8. The first-order valence-corrected chi connectivity index (χ1v) is 26.1. The second kappa shape index (κ2) is 20.6. The zero-order chi connectivity index (χ0) is 48.6. The number of benzene rings is 4. The topological polar surface area (TPSA) is 457 Å². The molecule has 8 N–H and O–H groups in total. The van der Waals surface area contributed by atoms with E-state index < -0.39 is 138 Å². The lowest BCUT2D eigenvalue weighted by atomic mass is 10.1. The summed E-state index contributed by atoms with van der Waals surface area (Å²) in [6.07, 6.45) is 0. The van der Waals surface area contributed by atoms with Gasteiger partial charge >= 0.3 is 37.2 Å². The number of sulfone groups is 3. The second-order valence-corrected chi connectivity index (χ2v) is 21.9. The molecule has 0 fully saturated rings. The molecule has 34 heteroatoms. The molecule has 352 valence electrons. The van der Waals surface area contributed by atoms with Crippen LogP contribution in [0.3, 0.4) is 0 Å². The number of aromatic carboxylic acids is 1. The fourth-order valence-corrected chi connectivity index (χ4v) is 9.32. The van der Waals surface area contributed by atoms with Crippen LogP contribution in [0.1, 0.15) is 10.4 Å². The first-order valence-electron chi connectivity index (χ1n) is 17.1. The van der Waals surface area contributed by atoms with Crippen molar-refractivity contribution in [3.05, 3.63) is 78.4 Å². The smallest absolute Gasteiger partial charge is 0.397 e. The number of hydrogen-bond acceptors (Lipinski definition) is 24. The van der Waals surface area contributed by atoms with Crippen molar-refractivity contribution in [1.82, 2.24) is 0 Å². The number of anilines is 2. The third-order valence-electron chi connectivity index (χ3n) is 7.84. The fourth-order valence-electron chi connectivity index (χ4n) is 4.85. The van der Waals surface area contributed by atoms with Gasteiger partial charge in [0.2, 0.25) is 0 Å². The van der Waals surface area contributed by atoms with Gasteiger partial charge in [-0.15, -0.1) is 15.3 Å². The van der Waals surface area contributed by atoms with Crippen LogP contribution < -0.4 is 11.5 Å². The van der Waals surface area contributed by atoms with Gasteiger partial charge in [-0.05, 0) is 72.8 Å². The van der Waals surface area contributed by atoms with E-state index in [2.05, 4.69) is 43.2 Å². The van der Waals surface area contributed by atoms with E-state index in [1.807, 2.05) is 0 Å². The fraction of sp³-hybridized carbons (Fsp3) is 0.194. The van der Waals surface area contributed by atoms with Crippen LogP contribution in [0.15, 0.2) is 118 Å². The van der Waals surface area contributed by atoms with Crippen LogP contribution in [0.2, 0.25) is 0 Å². The van der Waals surface area contributed by atoms with E-state index in [9.17, 15) is 60.4 Å². The van der Waals surface area contributed by atoms with E-state index in [-0.39, 0.29) is 31.7 Å². The minimum Gasteiger partial charge on any atom is -0.478 e. The number of carbonyl (C=O) groups is 1. The molecule has 0 radical (unpaired) electrons. The molecule has 4 aromatic carbocycles. The number of carboxylic acid groups (broad SMARTS) is 1. The second-order valence-electron chi connectivity index (χ2n) is 12.3. The summed E-state index contributed by atoms with van der Waals surface area (Å²) in [7, 11) is -27.2. The predicted molar refractivity (Wildman–Crippen MR) is 223 cm³/mol. The predicted octanol–water partition coefficient (Wildman–Crippen LogP) is 3.57. The van der Waals surface area contributed by atoms with E-state index in [1.165, 1.54) is 0 Å². The van der Waals surface area contributed by atoms with Crippen molar-refractivity contribution in [2.75, 3.05) is 48.5 Å². The van der Waals surface area contributed by atoms with Gasteiger partial charge in [0, 0.05) is 0 Å². The van der Waals surface area contributed by atoms with Gasteiger partial charge in [-0.25, -0.2) is 42.6 Å². The molecular weight excluding hydrogens is 997 g/mol. The Labute approximate surface area is 369 Å². The van der Waals surface area contributed by atoms with Gasteiger partial charge in [0.15, 0.2) is 29.5 Å². The monoisotopic (exact) mass is 1030 g/mol. The van der Waals surface area contributed by atoms with Gasteiger partial charge in [0.25, 0.3) is 0 Å². The van der Waals surface area contributed by atoms with Crippen molar-refractivity contribution in [1.29, 1.82) is 0 Å². The SMILES string of the molecule is Nc1c(/N=N/c2ccc(S(=O)(=O)CCOS(=O)(=O)O)cc2)c(N)c(/N=N/c2ccc(S(=O)(=O)CCOS(=O)(=O)O)cc2)c(C(=O)O)c1/N=N/c1ccc(S(=O)(=O)CCOS(=O)(=O)O)cc1. The zero-order valence-electron chi connectivity index (χ0n) is 32.3. The Bertz CT molecular complexity index is 3070. The number of carboxylic acids is 1. The Kier molecular flexibility index (Phi) is 16.4. The normalized spacial score (nSPS) is 13.3. The summed E-state index contributed by atoms with van der Waals surface area (Å²) in [6.45, 7) is -2.72. The van der Waals surface area contributed by atoms with E-state index in [0.29, 0.717) is 0 Å². The van der Waals surface area contributed by atoms with Crippen LogP contribution >= 0.6 is 0 Å². The largest absolute Gasteiger partial charge is 0.478 e. The minimum atomic E-state index is -4.92. The number of azo groups is 3. The van der Waals surface area contributed by atoms with Crippen molar-refractivity contribution >= 4 is 112 Å². The van der Waals surface area contributed by atoms with E-state index in [1.54, 1.807) is 0 Å². The van der Waals surface area contributed by atoms with Gasteiger partial charge in [0.1, 0.15) is 22.6 Å². The number of rotatable bonds is 22. The molecule has 0 saturated carbocycles. The van der Waals surface area contributed by atoms with Crippen molar-refractivity contribution in [3.8, 4) is 0 Å². The third kappa shape index (κ3) is 15.4. The summed E-state index contributed by atoms with van der Waals surface area (Å²) < 4.78 is 179. The number of nitrogens with zero attached hydrogens (tertiary/aromatic N) is 6. The lowest BCUT2D eigenvalue weighted by molar-refractivity contribution is 0.0698. The van der Waals surface area contributed by atoms with E-state index in [4.69, 9.17) is 25.1 Å². The zero-order valence-corrected chi connectivity index (χ0v) is 37.2. The molecule has 4 aromatic rings. The van der Waals surface area contributed by atoms with Crippen LogP contribution in [-0.4, -0.2) is 112 Å². The summed E-state index contributed by atoms with van der Waals surface area (Å²) in [6, 6.07) is 13.0. The van der Waals surface area contributed by atoms with Gasteiger partial charge in [-0.1, -0.05) is 0 Å². The molecule has 0 heterocycles. The molecule has 0 bridgehead atoms. The Hall–Kier alpha value is -5.79. The maximum Gasteiger partial charge on any atom is 0.397 e. The summed E-state index contributed by atoms with van der Waals surface area (Å²) >= 11 is 0. The summed E-state index contributed by atoms with van der Waals surface area (Å²) in [4.78, 5) is 11.8. The lowest BCUT2D eigenvalue weighted by Gasteiger charge is -2.13. The molecule has 0 atom stereocenters. The molecule has 0 aliphatic rings. The van der Waals surface area contributed by atoms with Crippen molar-refractivity contribution in [2.24, 2.45) is 30.7 Å². The molecule has 0 aromatic heterocycles. The van der Waals surface area contributed by atoms with Gasteiger partial charge in [-0.2, -0.15) is 40.6 Å². The molecule has 0 unspecified atom stereocenters. The Morgan fingerprint density at radius 2 is 0.677 bits per heavy atom. The van der Waals surface area contributed by atoms with Crippen LogP contribution in [0.25, 0.3) is 0 Å².